The van der Waals surface area contributed by atoms with E-state index in [9.17, 15) is 9.59 Å². The minimum atomic E-state index is -0.183. The lowest BCUT2D eigenvalue weighted by molar-refractivity contribution is 0.101. The van der Waals surface area contributed by atoms with E-state index < -0.39 is 0 Å². The van der Waals surface area contributed by atoms with Crippen LogP contribution < -0.4 is 5.56 Å². The molecule has 0 aliphatic heterocycles. The van der Waals surface area contributed by atoms with Crippen molar-refractivity contribution < 1.29 is 4.79 Å². The van der Waals surface area contributed by atoms with Crippen molar-refractivity contribution in [1.29, 1.82) is 0 Å². The fourth-order valence-electron chi connectivity index (χ4n) is 2.51. The number of Topliss-reactive ketones (excluding diaryl/α,β-unsaturated/α-hetero) is 1. The maximum absolute atomic E-state index is 12.6. The van der Waals surface area contributed by atoms with E-state index in [0.29, 0.717) is 28.0 Å². The highest BCUT2D eigenvalue weighted by atomic mass is 16.1. The fourth-order valence-corrected chi connectivity index (χ4v) is 2.51. The van der Waals surface area contributed by atoms with Crippen LogP contribution in [0.2, 0.25) is 0 Å². The van der Waals surface area contributed by atoms with Gasteiger partial charge in [0.1, 0.15) is 5.69 Å². The zero-order valence-electron chi connectivity index (χ0n) is 12.6. The molecule has 0 unspecified atom stereocenters. The molecule has 0 spiro atoms. The van der Waals surface area contributed by atoms with E-state index in [1.807, 2.05) is 13.0 Å². The number of nitrogens with zero attached hydrogens (tertiary/aromatic N) is 3. The first-order chi connectivity index (χ1) is 10.5. The van der Waals surface area contributed by atoms with Crippen molar-refractivity contribution in [2.75, 3.05) is 0 Å². The summed E-state index contributed by atoms with van der Waals surface area (Å²) in [5.74, 6) is 0.339. The largest absolute Gasteiger partial charge is 0.294 e. The zero-order valence-corrected chi connectivity index (χ0v) is 12.6. The van der Waals surface area contributed by atoms with Crippen molar-refractivity contribution in [2.24, 2.45) is 7.05 Å². The zero-order chi connectivity index (χ0) is 15.9. The third-order valence-corrected chi connectivity index (χ3v) is 3.60. The van der Waals surface area contributed by atoms with Crippen molar-refractivity contribution in [3.05, 3.63) is 58.0 Å². The SMILES string of the molecule is CC(=O)c1cc(C)cc2c(=O)n(C)c(-c3ccccn3)nc12. The summed E-state index contributed by atoms with van der Waals surface area (Å²) in [4.78, 5) is 33.3. The van der Waals surface area contributed by atoms with Crippen molar-refractivity contribution in [1.82, 2.24) is 14.5 Å². The second kappa shape index (κ2) is 5.18. The van der Waals surface area contributed by atoms with E-state index in [1.165, 1.54) is 11.5 Å². The molecule has 0 saturated carbocycles. The molecule has 0 bridgehead atoms. The van der Waals surface area contributed by atoms with Crippen molar-refractivity contribution in [3.8, 4) is 11.5 Å². The van der Waals surface area contributed by atoms with Gasteiger partial charge >= 0.3 is 0 Å². The lowest BCUT2D eigenvalue weighted by atomic mass is 10.0. The maximum atomic E-state index is 12.6. The standard InChI is InChI=1S/C17H15N3O2/c1-10-8-12(11(2)21)15-13(9-10)17(22)20(3)16(19-15)14-6-4-5-7-18-14/h4-9H,1-3H3. The lowest BCUT2D eigenvalue weighted by Gasteiger charge is -2.11. The summed E-state index contributed by atoms with van der Waals surface area (Å²) in [6.07, 6.45) is 1.65. The second-order valence-corrected chi connectivity index (χ2v) is 5.28. The second-order valence-electron chi connectivity index (χ2n) is 5.28. The average Bonchev–Trinajstić information content (AvgIpc) is 2.51. The molecular weight excluding hydrogens is 278 g/mol. The Morgan fingerprint density at radius 3 is 2.64 bits per heavy atom. The Morgan fingerprint density at radius 1 is 1.23 bits per heavy atom. The Labute approximate surface area is 127 Å². The van der Waals surface area contributed by atoms with Crippen LogP contribution in [0.1, 0.15) is 22.8 Å². The number of ketones is 1. The van der Waals surface area contributed by atoms with Gasteiger partial charge in [0.05, 0.1) is 10.9 Å². The molecule has 0 fully saturated rings. The first-order valence-electron chi connectivity index (χ1n) is 6.93. The number of carbonyl (C=O) groups excluding carboxylic acids is 1. The summed E-state index contributed by atoms with van der Waals surface area (Å²) in [5, 5.41) is 0.451. The molecule has 0 atom stereocenters. The summed E-state index contributed by atoms with van der Waals surface area (Å²) in [7, 11) is 1.66. The smallest absolute Gasteiger partial charge is 0.261 e. The van der Waals surface area contributed by atoms with Gasteiger partial charge in [-0.1, -0.05) is 6.07 Å². The molecule has 0 saturated heterocycles. The Bertz CT molecular complexity index is 944. The molecule has 2 aromatic heterocycles. The van der Waals surface area contributed by atoms with Crippen LogP contribution in [0.5, 0.6) is 0 Å². The molecule has 0 N–H and O–H groups in total. The Balaban J connectivity index is 2.46. The quantitative estimate of drug-likeness (QED) is 0.681. The molecular formula is C17H15N3O2. The molecule has 0 radical (unpaired) electrons. The van der Waals surface area contributed by atoms with Gasteiger partial charge in [0, 0.05) is 18.8 Å². The summed E-state index contributed by atoms with van der Waals surface area (Å²) >= 11 is 0. The van der Waals surface area contributed by atoms with Crippen LogP contribution in [0, 0.1) is 6.92 Å². The van der Waals surface area contributed by atoms with Gasteiger partial charge in [0.2, 0.25) is 0 Å². The van der Waals surface area contributed by atoms with Crippen LogP contribution in [0.15, 0.2) is 41.3 Å². The van der Waals surface area contributed by atoms with Gasteiger partial charge in [-0.05, 0) is 43.7 Å². The van der Waals surface area contributed by atoms with Gasteiger partial charge in [-0.25, -0.2) is 4.98 Å². The van der Waals surface area contributed by atoms with Crippen LogP contribution in [-0.4, -0.2) is 20.3 Å². The molecule has 3 aromatic rings. The van der Waals surface area contributed by atoms with Gasteiger partial charge in [-0.2, -0.15) is 0 Å². The topological polar surface area (TPSA) is 64.8 Å². The van der Waals surface area contributed by atoms with Crippen molar-refractivity contribution >= 4 is 16.7 Å². The molecule has 0 amide bonds. The van der Waals surface area contributed by atoms with Crippen LogP contribution in [0.4, 0.5) is 0 Å². The monoisotopic (exact) mass is 293 g/mol. The Hall–Kier alpha value is -2.82. The maximum Gasteiger partial charge on any atom is 0.261 e. The third-order valence-electron chi connectivity index (χ3n) is 3.60. The Morgan fingerprint density at radius 2 is 2.00 bits per heavy atom. The van der Waals surface area contributed by atoms with Crippen molar-refractivity contribution in [2.45, 2.75) is 13.8 Å². The van der Waals surface area contributed by atoms with Gasteiger partial charge in [-0.15, -0.1) is 0 Å². The van der Waals surface area contributed by atoms with Crippen LogP contribution in [-0.2, 0) is 7.05 Å². The van der Waals surface area contributed by atoms with Crippen LogP contribution in [0.25, 0.3) is 22.4 Å². The lowest BCUT2D eigenvalue weighted by Crippen LogP contribution is -2.21. The van der Waals surface area contributed by atoms with E-state index in [2.05, 4.69) is 9.97 Å². The van der Waals surface area contributed by atoms with Gasteiger partial charge in [-0.3, -0.25) is 19.1 Å². The fraction of sp³-hybridized carbons (Fsp3) is 0.176. The van der Waals surface area contributed by atoms with Gasteiger partial charge in [0.15, 0.2) is 11.6 Å². The highest BCUT2D eigenvalue weighted by molar-refractivity contribution is 6.05. The number of aromatic nitrogens is 3. The predicted molar refractivity (Wildman–Crippen MR) is 85.0 cm³/mol. The summed E-state index contributed by atoms with van der Waals surface area (Å²) in [5.41, 5.74) is 2.17. The summed E-state index contributed by atoms with van der Waals surface area (Å²) < 4.78 is 1.47. The van der Waals surface area contributed by atoms with Gasteiger partial charge in [0.25, 0.3) is 5.56 Å². The van der Waals surface area contributed by atoms with Crippen LogP contribution >= 0.6 is 0 Å². The molecule has 3 rings (SSSR count). The minimum Gasteiger partial charge on any atom is -0.294 e. The normalized spacial score (nSPS) is 10.9. The van der Waals surface area contributed by atoms with E-state index in [0.717, 1.165) is 5.56 Å². The number of rotatable bonds is 2. The molecule has 0 aliphatic carbocycles. The van der Waals surface area contributed by atoms with E-state index in [4.69, 9.17) is 0 Å². The third kappa shape index (κ3) is 2.20. The molecule has 0 aliphatic rings. The van der Waals surface area contributed by atoms with Crippen LogP contribution in [0.3, 0.4) is 0 Å². The number of hydrogen-bond acceptors (Lipinski definition) is 4. The van der Waals surface area contributed by atoms with Gasteiger partial charge < -0.3 is 0 Å². The predicted octanol–water partition coefficient (Wildman–Crippen LogP) is 2.51. The minimum absolute atomic E-state index is 0.110. The first kappa shape index (κ1) is 14.1. The Kier molecular flexibility index (Phi) is 3.33. The molecule has 5 heteroatoms. The number of carbonyl (C=O) groups is 1. The first-order valence-corrected chi connectivity index (χ1v) is 6.93. The summed E-state index contributed by atoms with van der Waals surface area (Å²) in [6.45, 7) is 3.34. The number of fused-ring (bicyclic) bond motifs is 1. The highest BCUT2D eigenvalue weighted by Gasteiger charge is 2.16. The number of hydrogen-bond donors (Lipinski definition) is 0. The molecule has 110 valence electrons. The molecule has 5 nitrogen and oxygen atoms in total. The highest BCUT2D eigenvalue weighted by Crippen LogP contribution is 2.21. The summed E-state index contributed by atoms with van der Waals surface area (Å²) in [6, 6.07) is 8.95. The van der Waals surface area contributed by atoms with E-state index >= 15 is 0 Å². The van der Waals surface area contributed by atoms with E-state index in [1.54, 1.807) is 37.5 Å². The number of benzene rings is 1. The average molecular weight is 293 g/mol. The van der Waals surface area contributed by atoms with E-state index in [-0.39, 0.29) is 11.3 Å². The molecule has 22 heavy (non-hydrogen) atoms. The molecule has 2 heterocycles. The number of aryl methyl sites for hydroxylation is 1. The van der Waals surface area contributed by atoms with Crippen molar-refractivity contribution in [3.63, 3.8) is 0 Å². The number of pyridine rings is 1. The molecule has 1 aromatic carbocycles.